The van der Waals surface area contributed by atoms with Gasteiger partial charge in [-0.3, -0.25) is 9.78 Å². The van der Waals surface area contributed by atoms with Gasteiger partial charge >= 0.3 is 5.69 Å². The number of H-pyrrole nitrogens is 2. The number of ether oxygens (including phenoxy) is 1. The maximum atomic E-state index is 11.9. The Morgan fingerprint density at radius 3 is 2.95 bits per heavy atom. The van der Waals surface area contributed by atoms with E-state index in [4.69, 9.17) is 4.74 Å². The highest BCUT2D eigenvalue weighted by Gasteiger charge is 2.28. The van der Waals surface area contributed by atoms with Gasteiger partial charge in [-0.05, 0) is 19.9 Å². The van der Waals surface area contributed by atoms with Gasteiger partial charge in [-0.1, -0.05) is 0 Å². The molecule has 0 fully saturated rings. The Kier molecular flexibility index (Phi) is 2.44. The lowest BCUT2D eigenvalue weighted by atomic mass is 9.95. The summed E-state index contributed by atoms with van der Waals surface area (Å²) in [6.45, 7) is 4.57. The molecule has 0 saturated heterocycles. The Balaban J connectivity index is 2.07. The van der Waals surface area contributed by atoms with Crippen LogP contribution in [-0.2, 0) is 17.8 Å². The number of nitrogens with one attached hydrogen (secondary N) is 2. The highest BCUT2D eigenvalue weighted by Crippen LogP contribution is 2.34. The zero-order valence-corrected chi connectivity index (χ0v) is 12.4. The normalized spacial score (nSPS) is 17.2. The van der Waals surface area contributed by atoms with Crippen LogP contribution in [0, 0.1) is 0 Å². The van der Waals surface area contributed by atoms with Gasteiger partial charge in [0.15, 0.2) is 0 Å². The SMILES string of the molecule is CC1(C)Cc2nc3sc4c(=O)[nH]c(=O)[nH]c4c3cc2CO1. The van der Waals surface area contributed by atoms with Crippen molar-refractivity contribution in [1.29, 1.82) is 0 Å². The first-order valence-corrected chi connectivity index (χ1v) is 7.46. The van der Waals surface area contributed by atoms with E-state index in [1.54, 1.807) is 0 Å². The number of rotatable bonds is 0. The van der Waals surface area contributed by atoms with Crippen molar-refractivity contribution < 1.29 is 4.74 Å². The van der Waals surface area contributed by atoms with Crippen molar-refractivity contribution >= 4 is 31.8 Å². The monoisotopic (exact) mass is 303 g/mol. The van der Waals surface area contributed by atoms with E-state index in [1.165, 1.54) is 11.3 Å². The number of hydrogen-bond acceptors (Lipinski definition) is 5. The van der Waals surface area contributed by atoms with Crippen molar-refractivity contribution in [2.75, 3.05) is 0 Å². The molecule has 3 aromatic rings. The molecule has 6 nitrogen and oxygen atoms in total. The fraction of sp³-hybridized carbons (Fsp3) is 0.357. The highest BCUT2D eigenvalue weighted by atomic mass is 32.1. The second kappa shape index (κ2) is 4.02. The lowest BCUT2D eigenvalue weighted by Crippen LogP contribution is -2.32. The summed E-state index contributed by atoms with van der Waals surface area (Å²) >= 11 is 1.30. The van der Waals surface area contributed by atoms with Gasteiger partial charge in [0, 0.05) is 17.4 Å². The molecule has 4 rings (SSSR count). The molecule has 0 aromatic carbocycles. The van der Waals surface area contributed by atoms with Crippen LogP contribution in [-0.4, -0.2) is 20.6 Å². The number of thiophene rings is 1. The van der Waals surface area contributed by atoms with Crippen molar-refractivity contribution in [2.45, 2.75) is 32.5 Å². The number of fused-ring (bicyclic) bond motifs is 4. The van der Waals surface area contributed by atoms with Crippen LogP contribution in [0.4, 0.5) is 0 Å². The van der Waals surface area contributed by atoms with Crippen LogP contribution in [0.1, 0.15) is 25.1 Å². The third-order valence-electron chi connectivity index (χ3n) is 3.73. The first-order valence-electron chi connectivity index (χ1n) is 6.64. The van der Waals surface area contributed by atoms with Crippen LogP contribution in [0.25, 0.3) is 20.4 Å². The molecule has 0 amide bonds. The molecule has 1 aliphatic heterocycles. The molecule has 0 aliphatic carbocycles. The van der Waals surface area contributed by atoms with E-state index in [0.29, 0.717) is 16.8 Å². The highest BCUT2D eigenvalue weighted by molar-refractivity contribution is 7.25. The molecule has 7 heteroatoms. The molecule has 2 N–H and O–H groups in total. The van der Waals surface area contributed by atoms with E-state index in [2.05, 4.69) is 15.0 Å². The minimum atomic E-state index is -0.498. The van der Waals surface area contributed by atoms with Gasteiger partial charge in [-0.25, -0.2) is 9.78 Å². The quantitative estimate of drug-likeness (QED) is 0.661. The second-order valence-electron chi connectivity index (χ2n) is 5.89. The van der Waals surface area contributed by atoms with Crippen molar-refractivity contribution in [3.63, 3.8) is 0 Å². The molecule has 0 radical (unpaired) electrons. The van der Waals surface area contributed by atoms with E-state index >= 15 is 0 Å². The van der Waals surface area contributed by atoms with Gasteiger partial charge in [0.1, 0.15) is 9.53 Å². The third kappa shape index (κ3) is 1.92. The summed E-state index contributed by atoms with van der Waals surface area (Å²) in [5.41, 5.74) is 1.49. The molecular weight excluding hydrogens is 290 g/mol. The maximum Gasteiger partial charge on any atom is 0.326 e. The number of aromatic nitrogens is 3. The Morgan fingerprint density at radius 1 is 1.33 bits per heavy atom. The summed E-state index contributed by atoms with van der Waals surface area (Å²) in [4.78, 5) is 33.7. The van der Waals surface area contributed by atoms with Gasteiger partial charge in [-0.2, -0.15) is 0 Å². The van der Waals surface area contributed by atoms with Crippen molar-refractivity contribution in [3.8, 4) is 0 Å². The van der Waals surface area contributed by atoms with E-state index in [9.17, 15) is 9.59 Å². The molecule has 0 spiro atoms. The molecule has 3 aromatic heterocycles. The third-order valence-corrected chi connectivity index (χ3v) is 4.83. The van der Waals surface area contributed by atoms with Crippen LogP contribution < -0.4 is 11.2 Å². The Labute approximate surface area is 122 Å². The van der Waals surface area contributed by atoms with Crippen molar-refractivity contribution in [3.05, 3.63) is 38.2 Å². The fourth-order valence-electron chi connectivity index (χ4n) is 2.69. The predicted molar refractivity (Wildman–Crippen MR) is 80.9 cm³/mol. The van der Waals surface area contributed by atoms with Gasteiger partial charge in [0.25, 0.3) is 5.56 Å². The van der Waals surface area contributed by atoms with Crippen LogP contribution in [0.5, 0.6) is 0 Å². The average Bonchev–Trinajstić information content (AvgIpc) is 2.73. The van der Waals surface area contributed by atoms with Gasteiger partial charge in [0.05, 0.1) is 23.4 Å². The van der Waals surface area contributed by atoms with Crippen molar-refractivity contribution in [2.24, 2.45) is 0 Å². The first kappa shape index (κ1) is 12.7. The fourth-order valence-corrected chi connectivity index (χ4v) is 3.72. The summed E-state index contributed by atoms with van der Waals surface area (Å²) in [7, 11) is 0. The average molecular weight is 303 g/mol. The molecule has 0 unspecified atom stereocenters. The molecule has 0 bridgehead atoms. The zero-order valence-electron chi connectivity index (χ0n) is 11.6. The Hall–Kier alpha value is -1.99. The molecule has 0 atom stereocenters. The molecule has 0 saturated carbocycles. The van der Waals surface area contributed by atoms with E-state index in [1.807, 2.05) is 19.9 Å². The van der Waals surface area contributed by atoms with Crippen LogP contribution in [0.15, 0.2) is 15.7 Å². The summed E-state index contributed by atoms with van der Waals surface area (Å²) in [6.07, 6.45) is 0.736. The largest absolute Gasteiger partial charge is 0.370 e. The maximum absolute atomic E-state index is 11.9. The molecule has 4 heterocycles. The van der Waals surface area contributed by atoms with Crippen molar-refractivity contribution in [1.82, 2.24) is 15.0 Å². The summed E-state index contributed by atoms with van der Waals surface area (Å²) in [5, 5.41) is 0.806. The van der Waals surface area contributed by atoms with E-state index in [-0.39, 0.29) is 11.2 Å². The molecule has 108 valence electrons. The number of nitrogens with zero attached hydrogens (tertiary/aromatic N) is 1. The Morgan fingerprint density at radius 2 is 2.14 bits per heavy atom. The first-order chi connectivity index (χ1) is 9.93. The summed E-state index contributed by atoms with van der Waals surface area (Å²) in [6, 6.07) is 1.97. The van der Waals surface area contributed by atoms with Crippen LogP contribution in [0.2, 0.25) is 0 Å². The van der Waals surface area contributed by atoms with E-state index < -0.39 is 5.69 Å². The van der Waals surface area contributed by atoms with Gasteiger partial charge < -0.3 is 9.72 Å². The molecule has 1 aliphatic rings. The minimum absolute atomic E-state index is 0.226. The van der Waals surface area contributed by atoms with E-state index in [0.717, 1.165) is 27.9 Å². The molecule has 21 heavy (non-hydrogen) atoms. The van der Waals surface area contributed by atoms with Gasteiger partial charge in [0.2, 0.25) is 0 Å². The Bertz CT molecular complexity index is 996. The minimum Gasteiger partial charge on any atom is -0.370 e. The number of hydrogen-bond donors (Lipinski definition) is 2. The summed E-state index contributed by atoms with van der Waals surface area (Å²) in [5.74, 6) is 0. The van der Waals surface area contributed by atoms with Crippen LogP contribution >= 0.6 is 11.3 Å². The lowest BCUT2D eigenvalue weighted by molar-refractivity contribution is -0.0411. The number of aromatic amines is 2. The zero-order chi connectivity index (χ0) is 14.8. The van der Waals surface area contributed by atoms with Gasteiger partial charge in [-0.15, -0.1) is 11.3 Å². The molecular formula is C14H13N3O3S. The topological polar surface area (TPSA) is 87.8 Å². The smallest absolute Gasteiger partial charge is 0.326 e. The second-order valence-corrected chi connectivity index (χ2v) is 6.89. The standard InChI is InChI=1S/C14H13N3O3S/c1-14(2)4-8-6(5-20-14)3-7-9-10(21-12(7)15-8)11(18)17-13(19)16-9/h3H,4-5H2,1-2H3,(H2,16,17,18,19). The predicted octanol–water partition coefficient (Wildman–Crippen LogP) is 1.68. The number of pyridine rings is 1. The lowest BCUT2D eigenvalue weighted by Gasteiger charge is -2.30. The summed E-state index contributed by atoms with van der Waals surface area (Å²) < 4.78 is 6.30. The van der Waals surface area contributed by atoms with Crippen LogP contribution in [0.3, 0.4) is 0 Å².